The minimum atomic E-state index is -0.230. The molecule has 1 saturated carbocycles. The van der Waals surface area contributed by atoms with Crippen LogP contribution in [0.15, 0.2) is 47.4 Å². The van der Waals surface area contributed by atoms with E-state index in [1.54, 1.807) is 12.1 Å². The molecule has 29 heavy (non-hydrogen) atoms. The summed E-state index contributed by atoms with van der Waals surface area (Å²) >= 11 is 7.65. The first kappa shape index (κ1) is 21.7. The molecule has 6 heteroatoms. The van der Waals surface area contributed by atoms with Crippen molar-refractivity contribution in [2.75, 3.05) is 18.1 Å². The number of anilines is 1. The Morgan fingerprint density at radius 2 is 1.86 bits per heavy atom. The summed E-state index contributed by atoms with van der Waals surface area (Å²) in [7, 11) is 1.90. The van der Waals surface area contributed by atoms with Crippen LogP contribution in [0.2, 0.25) is 5.02 Å². The number of aryl methyl sites for hydroxylation is 1. The first-order chi connectivity index (χ1) is 14.0. The van der Waals surface area contributed by atoms with E-state index in [4.69, 9.17) is 11.6 Å². The van der Waals surface area contributed by atoms with Crippen LogP contribution in [0.4, 0.5) is 5.69 Å². The van der Waals surface area contributed by atoms with Crippen LogP contribution in [-0.2, 0) is 4.79 Å². The molecule has 2 amide bonds. The zero-order valence-electron chi connectivity index (χ0n) is 16.9. The molecular weight excluding hydrogens is 404 g/mol. The van der Waals surface area contributed by atoms with Crippen molar-refractivity contribution in [3.05, 3.63) is 58.6 Å². The lowest BCUT2D eigenvalue weighted by molar-refractivity contribution is -0.129. The number of amides is 2. The summed E-state index contributed by atoms with van der Waals surface area (Å²) in [6, 6.07) is 13.2. The third kappa shape index (κ3) is 5.77. The van der Waals surface area contributed by atoms with Gasteiger partial charge in [-0.15, -0.1) is 11.8 Å². The molecule has 2 aromatic carbocycles. The molecule has 0 atom stereocenters. The maximum atomic E-state index is 12.8. The molecule has 0 spiro atoms. The fourth-order valence-electron chi connectivity index (χ4n) is 3.60. The van der Waals surface area contributed by atoms with E-state index >= 15 is 0 Å². The van der Waals surface area contributed by atoms with Crippen LogP contribution >= 0.6 is 23.4 Å². The molecule has 0 aromatic heterocycles. The van der Waals surface area contributed by atoms with Crippen molar-refractivity contribution < 1.29 is 9.59 Å². The Balaban J connectivity index is 1.65. The summed E-state index contributed by atoms with van der Waals surface area (Å²) in [6.45, 7) is 1.95. The van der Waals surface area contributed by atoms with Gasteiger partial charge in [0.2, 0.25) is 5.91 Å². The van der Waals surface area contributed by atoms with E-state index in [-0.39, 0.29) is 11.8 Å². The smallest absolute Gasteiger partial charge is 0.256 e. The van der Waals surface area contributed by atoms with Crippen molar-refractivity contribution >= 4 is 40.9 Å². The van der Waals surface area contributed by atoms with Gasteiger partial charge in [-0.2, -0.15) is 0 Å². The van der Waals surface area contributed by atoms with Gasteiger partial charge >= 0.3 is 0 Å². The topological polar surface area (TPSA) is 49.4 Å². The number of thioether (sulfide) groups is 1. The molecule has 0 aliphatic heterocycles. The van der Waals surface area contributed by atoms with Gasteiger partial charge < -0.3 is 10.2 Å². The van der Waals surface area contributed by atoms with Crippen molar-refractivity contribution in [3.8, 4) is 0 Å². The predicted molar refractivity (Wildman–Crippen MR) is 121 cm³/mol. The van der Waals surface area contributed by atoms with Crippen molar-refractivity contribution in [2.24, 2.45) is 0 Å². The highest BCUT2D eigenvalue weighted by Gasteiger charge is 2.22. The van der Waals surface area contributed by atoms with E-state index < -0.39 is 0 Å². The fraction of sp³-hybridized carbons (Fsp3) is 0.391. The maximum absolute atomic E-state index is 12.8. The van der Waals surface area contributed by atoms with E-state index in [2.05, 4.69) is 5.32 Å². The second-order valence-electron chi connectivity index (χ2n) is 7.52. The molecule has 0 unspecified atom stereocenters. The Bertz CT molecular complexity index is 881. The minimum absolute atomic E-state index is 0.110. The second-order valence-corrected chi connectivity index (χ2v) is 8.94. The molecule has 3 rings (SSSR count). The van der Waals surface area contributed by atoms with Gasteiger partial charge in [-0.25, -0.2) is 0 Å². The van der Waals surface area contributed by atoms with Crippen LogP contribution < -0.4 is 5.32 Å². The van der Waals surface area contributed by atoms with Gasteiger partial charge in [0.1, 0.15) is 0 Å². The highest BCUT2D eigenvalue weighted by molar-refractivity contribution is 8.00. The van der Waals surface area contributed by atoms with Gasteiger partial charge in [0, 0.05) is 18.0 Å². The molecule has 0 saturated heterocycles. The Kier molecular flexibility index (Phi) is 7.62. The van der Waals surface area contributed by atoms with Gasteiger partial charge in [-0.1, -0.05) is 49.1 Å². The number of nitrogens with one attached hydrogen (secondary N) is 1. The third-order valence-corrected chi connectivity index (χ3v) is 6.74. The quantitative estimate of drug-likeness (QED) is 0.590. The average Bonchev–Trinajstić information content (AvgIpc) is 2.74. The number of nitrogens with zero attached hydrogens (tertiary/aromatic N) is 1. The molecule has 4 nitrogen and oxygen atoms in total. The first-order valence-electron chi connectivity index (χ1n) is 10.0. The Labute approximate surface area is 182 Å². The summed E-state index contributed by atoms with van der Waals surface area (Å²) in [5.74, 6) is 0.202. The number of hydrogen-bond donors (Lipinski definition) is 1. The molecular formula is C23H27ClN2O2S. The van der Waals surface area contributed by atoms with Gasteiger partial charge in [0.25, 0.3) is 5.91 Å². The van der Waals surface area contributed by atoms with Gasteiger partial charge in [-0.3, -0.25) is 9.59 Å². The minimum Gasteiger partial charge on any atom is -0.342 e. The van der Waals surface area contributed by atoms with E-state index in [1.165, 1.54) is 31.0 Å². The summed E-state index contributed by atoms with van der Waals surface area (Å²) in [6.07, 6.45) is 5.83. The highest BCUT2D eigenvalue weighted by atomic mass is 35.5. The standard InChI is InChI=1S/C23H27ClN2O2S/c1-16-12-13-20(19(24)14-16)25-23(28)18-10-6-7-11-21(18)29-15-22(27)26(2)17-8-4-3-5-9-17/h6-7,10-14,17H,3-5,8-9,15H2,1-2H3,(H,25,28). The molecule has 1 fully saturated rings. The summed E-state index contributed by atoms with van der Waals surface area (Å²) in [5.41, 5.74) is 2.15. The van der Waals surface area contributed by atoms with Crippen LogP contribution in [-0.4, -0.2) is 35.6 Å². The monoisotopic (exact) mass is 430 g/mol. The number of halogens is 1. The van der Waals surface area contributed by atoms with E-state index in [1.807, 2.05) is 49.2 Å². The van der Waals surface area contributed by atoms with E-state index in [9.17, 15) is 9.59 Å². The van der Waals surface area contributed by atoms with E-state index in [0.29, 0.717) is 28.1 Å². The van der Waals surface area contributed by atoms with Crippen molar-refractivity contribution in [2.45, 2.75) is 50.0 Å². The van der Waals surface area contributed by atoms with Crippen molar-refractivity contribution in [1.29, 1.82) is 0 Å². The SMILES string of the molecule is Cc1ccc(NC(=O)c2ccccc2SCC(=O)N(C)C2CCCCC2)c(Cl)c1. The number of carbonyl (C=O) groups is 2. The molecule has 154 valence electrons. The normalized spacial score (nSPS) is 14.4. The summed E-state index contributed by atoms with van der Waals surface area (Å²) in [5, 5.41) is 3.38. The van der Waals surface area contributed by atoms with Crippen molar-refractivity contribution in [1.82, 2.24) is 4.90 Å². The predicted octanol–water partition coefficient (Wildman–Crippen LogP) is 5.78. The van der Waals surface area contributed by atoms with Crippen LogP contribution in [0, 0.1) is 6.92 Å². The zero-order chi connectivity index (χ0) is 20.8. The lowest BCUT2D eigenvalue weighted by atomic mass is 9.94. The number of rotatable bonds is 6. The molecule has 1 aliphatic rings. The lowest BCUT2D eigenvalue weighted by Gasteiger charge is -2.31. The number of carbonyl (C=O) groups excluding carboxylic acids is 2. The largest absolute Gasteiger partial charge is 0.342 e. The van der Waals surface area contributed by atoms with Gasteiger partial charge in [0.05, 0.1) is 22.0 Å². The number of benzene rings is 2. The number of hydrogen-bond acceptors (Lipinski definition) is 3. The molecule has 1 aliphatic carbocycles. The Morgan fingerprint density at radius 3 is 2.59 bits per heavy atom. The van der Waals surface area contributed by atoms with Crippen LogP contribution in [0.3, 0.4) is 0 Å². The Hall–Kier alpha value is -1.98. The van der Waals surface area contributed by atoms with Crippen molar-refractivity contribution in [3.63, 3.8) is 0 Å². The second kappa shape index (κ2) is 10.2. The highest BCUT2D eigenvalue weighted by Crippen LogP contribution is 2.28. The third-order valence-electron chi connectivity index (χ3n) is 5.37. The van der Waals surface area contributed by atoms with Crippen LogP contribution in [0.25, 0.3) is 0 Å². The molecule has 0 heterocycles. The van der Waals surface area contributed by atoms with Crippen LogP contribution in [0.5, 0.6) is 0 Å². The molecule has 0 bridgehead atoms. The fourth-order valence-corrected chi connectivity index (χ4v) is 4.86. The lowest BCUT2D eigenvalue weighted by Crippen LogP contribution is -2.39. The maximum Gasteiger partial charge on any atom is 0.256 e. The molecule has 1 N–H and O–H groups in total. The van der Waals surface area contributed by atoms with Crippen LogP contribution in [0.1, 0.15) is 48.0 Å². The first-order valence-corrected chi connectivity index (χ1v) is 11.4. The molecule has 0 radical (unpaired) electrons. The van der Waals surface area contributed by atoms with Gasteiger partial charge in [-0.05, 0) is 49.6 Å². The summed E-state index contributed by atoms with van der Waals surface area (Å²) in [4.78, 5) is 28.2. The summed E-state index contributed by atoms with van der Waals surface area (Å²) < 4.78 is 0. The van der Waals surface area contributed by atoms with Gasteiger partial charge in [0.15, 0.2) is 0 Å². The Morgan fingerprint density at radius 1 is 1.14 bits per heavy atom. The zero-order valence-corrected chi connectivity index (χ0v) is 18.5. The van der Waals surface area contributed by atoms with E-state index in [0.717, 1.165) is 23.3 Å². The average molecular weight is 431 g/mol. The molecule has 2 aromatic rings.